The average Bonchev–Trinajstić information content (AvgIpc) is 3.12. The fourth-order valence-electron chi connectivity index (χ4n) is 3.81. The van der Waals surface area contributed by atoms with E-state index in [1.165, 1.54) is 9.21 Å². The molecule has 9 heteroatoms. The topological polar surface area (TPSA) is 84.0 Å². The molecule has 0 atom stereocenters. The second kappa shape index (κ2) is 8.41. The van der Waals surface area contributed by atoms with Gasteiger partial charge in [0, 0.05) is 19.1 Å². The Morgan fingerprint density at radius 3 is 2.00 bits per heavy atom. The van der Waals surface area contributed by atoms with Gasteiger partial charge in [-0.25, -0.2) is 8.42 Å². The number of rotatable bonds is 5. The molecule has 2 amide bonds. The van der Waals surface area contributed by atoms with Gasteiger partial charge in [-0.1, -0.05) is 36.0 Å². The molecule has 0 aliphatic carbocycles. The van der Waals surface area contributed by atoms with E-state index in [1.807, 2.05) is 24.3 Å². The smallest absolute Gasteiger partial charge is 0.289 e. The zero-order valence-corrected chi connectivity index (χ0v) is 18.1. The van der Waals surface area contributed by atoms with Crippen molar-refractivity contribution in [3.05, 3.63) is 48.5 Å². The summed E-state index contributed by atoms with van der Waals surface area (Å²) in [7, 11) is -2.02. The Kier molecular flexibility index (Phi) is 5.86. The first kappa shape index (κ1) is 20.9. The number of methoxy groups -OCH3 is 1. The number of carbonyl (C=O) groups excluding carboxylic acids is 2. The lowest BCUT2D eigenvalue weighted by Crippen LogP contribution is -2.48. The minimum Gasteiger partial charge on any atom is -0.497 e. The quantitative estimate of drug-likeness (QED) is 0.701. The van der Waals surface area contributed by atoms with Crippen molar-refractivity contribution in [2.24, 2.45) is 0 Å². The van der Waals surface area contributed by atoms with Crippen molar-refractivity contribution in [3.8, 4) is 16.9 Å². The van der Waals surface area contributed by atoms with Crippen LogP contribution < -0.4 is 4.74 Å². The molecule has 2 fully saturated rings. The van der Waals surface area contributed by atoms with E-state index in [0.29, 0.717) is 12.8 Å². The maximum atomic E-state index is 13.0. The minimum absolute atomic E-state index is 0.178. The molecule has 0 aromatic heterocycles. The highest BCUT2D eigenvalue weighted by Crippen LogP contribution is 2.30. The molecule has 2 aliphatic rings. The van der Waals surface area contributed by atoms with Crippen molar-refractivity contribution in [2.75, 3.05) is 26.0 Å². The van der Waals surface area contributed by atoms with Gasteiger partial charge in [-0.3, -0.25) is 14.5 Å². The zero-order chi connectivity index (χ0) is 21.3. The zero-order valence-electron chi connectivity index (χ0n) is 16.5. The number of ether oxygens (including phenoxy) is 1. The van der Waals surface area contributed by atoms with Gasteiger partial charge in [0.25, 0.3) is 5.24 Å². The summed E-state index contributed by atoms with van der Waals surface area (Å²) in [6.45, 7) is 0.573. The number of nitrogens with zero attached hydrogens (tertiary/aromatic N) is 2. The van der Waals surface area contributed by atoms with Crippen LogP contribution in [0.25, 0.3) is 11.1 Å². The first-order valence-corrected chi connectivity index (χ1v) is 12.1. The van der Waals surface area contributed by atoms with Crippen LogP contribution in [0.1, 0.15) is 12.8 Å². The predicted molar refractivity (Wildman–Crippen MR) is 115 cm³/mol. The normalized spacial score (nSPS) is 18.8. The van der Waals surface area contributed by atoms with E-state index in [-0.39, 0.29) is 40.9 Å². The lowest BCUT2D eigenvalue weighted by atomic mass is 10.1. The molecule has 0 unspecified atom stereocenters. The van der Waals surface area contributed by atoms with E-state index in [9.17, 15) is 18.0 Å². The Morgan fingerprint density at radius 1 is 0.933 bits per heavy atom. The van der Waals surface area contributed by atoms with Crippen LogP contribution in [-0.2, 0) is 14.8 Å². The largest absolute Gasteiger partial charge is 0.497 e. The van der Waals surface area contributed by atoms with Crippen molar-refractivity contribution in [2.45, 2.75) is 23.8 Å². The molecule has 2 aliphatic heterocycles. The van der Waals surface area contributed by atoms with Gasteiger partial charge in [0.05, 0.1) is 17.8 Å². The van der Waals surface area contributed by atoms with Crippen molar-refractivity contribution >= 4 is 32.9 Å². The summed E-state index contributed by atoms with van der Waals surface area (Å²) in [4.78, 5) is 25.4. The van der Waals surface area contributed by atoms with Gasteiger partial charge in [-0.2, -0.15) is 4.31 Å². The minimum atomic E-state index is -3.63. The standard InChI is InChI=1S/C21H22N2O5S2/c1-28-18-6-2-15(3-7-18)16-4-8-19(9-5-16)30(26,27)22-12-10-17(11-13-22)23-20(24)14-29-21(23)25/h2-9,17H,10-14H2,1H3. The molecular weight excluding hydrogens is 424 g/mol. The lowest BCUT2D eigenvalue weighted by Gasteiger charge is -2.34. The number of thioether (sulfide) groups is 1. The molecule has 2 saturated heterocycles. The molecule has 4 rings (SSSR count). The molecule has 7 nitrogen and oxygen atoms in total. The van der Waals surface area contributed by atoms with Gasteiger partial charge in [0.2, 0.25) is 15.9 Å². The Morgan fingerprint density at radius 2 is 1.50 bits per heavy atom. The summed E-state index contributed by atoms with van der Waals surface area (Å²) >= 11 is 1.01. The van der Waals surface area contributed by atoms with Gasteiger partial charge in [-0.15, -0.1) is 0 Å². The molecule has 0 bridgehead atoms. The van der Waals surface area contributed by atoms with Crippen LogP contribution in [-0.4, -0.2) is 60.8 Å². The number of sulfonamides is 1. The van der Waals surface area contributed by atoms with E-state index in [2.05, 4.69) is 0 Å². The predicted octanol–water partition coefficient (Wildman–Crippen LogP) is 3.21. The number of amides is 2. The highest BCUT2D eigenvalue weighted by atomic mass is 32.2. The molecule has 2 heterocycles. The van der Waals surface area contributed by atoms with E-state index in [1.54, 1.807) is 31.4 Å². The van der Waals surface area contributed by atoms with Crippen molar-refractivity contribution in [1.82, 2.24) is 9.21 Å². The van der Waals surface area contributed by atoms with E-state index in [0.717, 1.165) is 28.6 Å². The maximum absolute atomic E-state index is 13.0. The second-order valence-electron chi connectivity index (χ2n) is 7.21. The fourth-order valence-corrected chi connectivity index (χ4v) is 6.06. The first-order valence-electron chi connectivity index (χ1n) is 9.63. The van der Waals surface area contributed by atoms with E-state index < -0.39 is 10.0 Å². The van der Waals surface area contributed by atoms with Gasteiger partial charge in [0.1, 0.15) is 5.75 Å². The van der Waals surface area contributed by atoms with E-state index in [4.69, 9.17) is 4.74 Å². The number of piperidine rings is 1. The molecule has 158 valence electrons. The molecule has 0 radical (unpaired) electrons. The highest BCUT2D eigenvalue weighted by molar-refractivity contribution is 8.14. The van der Waals surface area contributed by atoms with Gasteiger partial charge < -0.3 is 4.74 Å². The number of hydrogen-bond acceptors (Lipinski definition) is 6. The Bertz CT molecular complexity index is 1030. The van der Waals surface area contributed by atoms with Crippen molar-refractivity contribution < 1.29 is 22.7 Å². The van der Waals surface area contributed by atoms with Gasteiger partial charge in [-0.05, 0) is 48.2 Å². The summed E-state index contributed by atoms with van der Waals surface area (Å²) in [6, 6.07) is 14.2. The number of benzene rings is 2. The summed E-state index contributed by atoms with van der Waals surface area (Å²) in [6.07, 6.45) is 0.919. The molecule has 0 saturated carbocycles. The van der Waals surface area contributed by atoms with E-state index >= 15 is 0 Å². The third kappa shape index (κ3) is 3.97. The number of carbonyl (C=O) groups is 2. The molecule has 30 heavy (non-hydrogen) atoms. The van der Waals surface area contributed by atoms with Crippen LogP contribution in [0.5, 0.6) is 5.75 Å². The Balaban J connectivity index is 1.45. The fraction of sp³-hybridized carbons (Fsp3) is 0.333. The molecule has 0 spiro atoms. The average molecular weight is 447 g/mol. The van der Waals surface area contributed by atoms with Crippen LogP contribution in [0.3, 0.4) is 0 Å². The Labute approximate surface area is 180 Å². The first-order chi connectivity index (χ1) is 14.4. The molecule has 2 aromatic rings. The second-order valence-corrected chi connectivity index (χ2v) is 10.1. The van der Waals surface area contributed by atoms with Crippen LogP contribution in [0.4, 0.5) is 4.79 Å². The third-order valence-electron chi connectivity index (χ3n) is 5.49. The SMILES string of the molecule is COc1ccc(-c2ccc(S(=O)(=O)N3CCC(N4C(=O)CSC4=O)CC3)cc2)cc1. The van der Waals surface area contributed by atoms with Crippen LogP contribution >= 0.6 is 11.8 Å². The van der Waals surface area contributed by atoms with Crippen molar-refractivity contribution in [1.29, 1.82) is 0 Å². The summed E-state index contributed by atoms with van der Waals surface area (Å²) in [5.74, 6) is 0.760. The van der Waals surface area contributed by atoms with Crippen LogP contribution in [0.2, 0.25) is 0 Å². The van der Waals surface area contributed by atoms with Crippen LogP contribution in [0, 0.1) is 0 Å². The highest BCUT2D eigenvalue weighted by Gasteiger charge is 2.39. The molecular formula is C21H22N2O5S2. The summed E-state index contributed by atoms with van der Waals surface area (Å²) < 4.78 is 32.7. The van der Waals surface area contributed by atoms with Gasteiger partial charge in [0.15, 0.2) is 0 Å². The number of imide groups is 1. The summed E-state index contributed by atoms with van der Waals surface area (Å²) in [5, 5.41) is -0.226. The third-order valence-corrected chi connectivity index (χ3v) is 8.24. The summed E-state index contributed by atoms with van der Waals surface area (Å²) in [5.41, 5.74) is 1.89. The number of hydrogen-bond donors (Lipinski definition) is 0. The lowest BCUT2D eigenvalue weighted by molar-refractivity contribution is -0.126. The Hall–Kier alpha value is -2.36. The maximum Gasteiger partial charge on any atom is 0.289 e. The van der Waals surface area contributed by atoms with Crippen LogP contribution in [0.15, 0.2) is 53.4 Å². The van der Waals surface area contributed by atoms with Crippen molar-refractivity contribution in [3.63, 3.8) is 0 Å². The molecule has 2 aromatic carbocycles. The monoisotopic (exact) mass is 446 g/mol. The van der Waals surface area contributed by atoms with Gasteiger partial charge >= 0.3 is 0 Å². The molecule has 0 N–H and O–H groups in total.